The molecule has 0 aromatic heterocycles. The van der Waals surface area contributed by atoms with E-state index in [-0.39, 0.29) is 12.4 Å². The zero-order valence-corrected chi connectivity index (χ0v) is 16.3. The molecule has 4 rings (SSSR count). The molecule has 0 saturated heterocycles. The van der Waals surface area contributed by atoms with Gasteiger partial charge in [-0.05, 0) is 28.0 Å². The van der Waals surface area contributed by atoms with Crippen LogP contribution in [0.1, 0.15) is 27.5 Å². The van der Waals surface area contributed by atoms with Gasteiger partial charge < -0.3 is 10.1 Å². The molecular weight excluding hydrogens is 374 g/mol. The number of hydrogen-bond donors (Lipinski definition) is 1. The fourth-order valence-corrected chi connectivity index (χ4v) is 3.34. The summed E-state index contributed by atoms with van der Waals surface area (Å²) in [6.45, 7) is 0.137. The molecule has 0 aliphatic heterocycles. The third-order valence-electron chi connectivity index (χ3n) is 4.90. The molecule has 30 heavy (non-hydrogen) atoms. The molecule has 0 aliphatic rings. The van der Waals surface area contributed by atoms with Crippen LogP contribution in [0.15, 0.2) is 103 Å². The molecular formula is C26H21NO3. The summed E-state index contributed by atoms with van der Waals surface area (Å²) in [4.78, 5) is 25.8. The van der Waals surface area contributed by atoms with Gasteiger partial charge in [0.2, 0.25) is 0 Å². The highest BCUT2D eigenvalue weighted by Crippen LogP contribution is 2.22. The fraction of sp³-hybridized carbons (Fsp3) is 0.0769. The molecule has 4 aromatic carbocycles. The molecule has 4 aromatic rings. The summed E-state index contributed by atoms with van der Waals surface area (Å²) >= 11 is 0. The van der Waals surface area contributed by atoms with Gasteiger partial charge in [0, 0.05) is 5.56 Å². The first kappa shape index (κ1) is 19.4. The number of hydrogen-bond acceptors (Lipinski definition) is 3. The Morgan fingerprint density at radius 1 is 0.733 bits per heavy atom. The molecule has 0 heterocycles. The average molecular weight is 395 g/mol. The van der Waals surface area contributed by atoms with E-state index in [0.29, 0.717) is 11.1 Å². The van der Waals surface area contributed by atoms with Crippen LogP contribution in [0, 0.1) is 0 Å². The van der Waals surface area contributed by atoms with Crippen molar-refractivity contribution in [1.29, 1.82) is 0 Å². The van der Waals surface area contributed by atoms with Crippen molar-refractivity contribution in [2.24, 2.45) is 0 Å². The van der Waals surface area contributed by atoms with Crippen LogP contribution >= 0.6 is 0 Å². The molecule has 0 saturated carbocycles. The number of rotatable bonds is 6. The van der Waals surface area contributed by atoms with Crippen LogP contribution in [0.4, 0.5) is 4.79 Å². The Bertz CT molecular complexity index is 1160. The minimum absolute atomic E-state index is 0.137. The van der Waals surface area contributed by atoms with Crippen molar-refractivity contribution in [2.75, 3.05) is 0 Å². The first-order valence-corrected chi connectivity index (χ1v) is 9.76. The van der Waals surface area contributed by atoms with Gasteiger partial charge in [0.15, 0.2) is 5.78 Å². The quantitative estimate of drug-likeness (QED) is 0.427. The smallest absolute Gasteiger partial charge is 0.408 e. The number of nitrogens with one attached hydrogen (secondary N) is 1. The summed E-state index contributed by atoms with van der Waals surface area (Å²) < 4.78 is 5.33. The number of Topliss-reactive ketones (excluding diaryl/α,β-unsaturated/α-hetero) is 1. The zero-order chi connectivity index (χ0) is 20.8. The lowest BCUT2D eigenvalue weighted by Crippen LogP contribution is -2.34. The number of fused-ring (bicyclic) bond motifs is 1. The van der Waals surface area contributed by atoms with Crippen LogP contribution in [0.2, 0.25) is 0 Å². The highest BCUT2D eigenvalue weighted by atomic mass is 16.5. The van der Waals surface area contributed by atoms with Gasteiger partial charge in [0.05, 0.1) is 0 Å². The zero-order valence-electron chi connectivity index (χ0n) is 16.3. The van der Waals surface area contributed by atoms with Crippen molar-refractivity contribution in [1.82, 2.24) is 5.32 Å². The largest absolute Gasteiger partial charge is 0.445 e. The van der Waals surface area contributed by atoms with Crippen molar-refractivity contribution in [3.63, 3.8) is 0 Å². The van der Waals surface area contributed by atoms with Crippen LogP contribution in [-0.2, 0) is 11.3 Å². The van der Waals surface area contributed by atoms with Gasteiger partial charge in [-0.1, -0.05) is 97.1 Å². The van der Waals surface area contributed by atoms with E-state index in [1.807, 2.05) is 97.1 Å². The van der Waals surface area contributed by atoms with E-state index in [1.165, 1.54) is 0 Å². The number of ether oxygens (including phenoxy) is 1. The van der Waals surface area contributed by atoms with Crippen LogP contribution in [0.5, 0.6) is 0 Å². The second kappa shape index (κ2) is 9.05. The van der Waals surface area contributed by atoms with Crippen LogP contribution in [0.3, 0.4) is 0 Å². The lowest BCUT2D eigenvalue weighted by Gasteiger charge is -2.18. The van der Waals surface area contributed by atoms with Crippen molar-refractivity contribution in [3.8, 4) is 0 Å². The number of benzene rings is 4. The van der Waals surface area contributed by atoms with Crippen LogP contribution < -0.4 is 5.32 Å². The minimum atomic E-state index is -0.837. The van der Waals surface area contributed by atoms with Gasteiger partial charge in [-0.2, -0.15) is 0 Å². The fourth-order valence-electron chi connectivity index (χ4n) is 3.34. The van der Waals surface area contributed by atoms with Crippen molar-refractivity contribution in [2.45, 2.75) is 12.6 Å². The average Bonchev–Trinajstić information content (AvgIpc) is 2.81. The summed E-state index contributed by atoms with van der Waals surface area (Å²) in [6, 6.07) is 31.2. The molecule has 0 aliphatic carbocycles. The van der Waals surface area contributed by atoms with Gasteiger partial charge in [0.25, 0.3) is 0 Å². The third-order valence-corrected chi connectivity index (χ3v) is 4.90. The van der Waals surface area contributed by atoms with Crippen LogP contribution in [0.25, 0.3) is 10.8 Å². The number of alkyl carbamates (subject to hydrolysis) is 1. The van der Waals surface area contributed by atoms with E-state index in [1.54, 1.807) is 6.07 Å². The van der Waals surface area contributed by atoms with Gasteiger partial charge >= 0.3 is 6.09 Å². The predicted molar refractivity (Wildman–Crippen MR) is 117 cm³/mol. The summed E-state index contributed by atoms with van der Waals surface area (Å²) in [7, 11) is 0. The molecule has 4 heteroatoms. The van der Waals surface area contributed by atoms with Gasteiger partial charge in [-0.15, -0.1) is 0 Å². The molecule has 4 nitrogen and oxygen atoms in total. The third kappa shape index (κ3) is 4.55. The number of ketones is 1. The molecule has 1 atom stereocenters. The Kier molecular flexibility index (Phi) is 5.85. The van der Waals surface area contributed by atoms with E-state index in [9.17, 15) is 9.59 Å². The van der Waals surface area contributed by atoms with Gasteiger partial charge in [-0.25, -0.2) is 4.79 Å². The number of carbonyl (C=O) groups is 2. The summed E-state index contributed by atoms with van der Waals surface area (Å²) in [6.07, 6.45) is -0.637. The first-order valence-electron chi connectivity index (χ1n) is 9.76. The molecule has 0 fully saturated rings. The first-order chi connectivity index (χ1) is 14.7. The summed E-state index contributed by atoms with van der Waals surface area (Å²) in [5.41, 5.74) is 2.11. The normalized spacial score (nSPS) is 11.6. The van der Waals surface area contributed by atoms with Gasteiger partial charge in [-0.3, -0.25) is 4.79 Å². The molecule has 1 unspecified atom stereocenters. The van der Waals surface area contributed by atoms with E-state index < -0.39 is 12.1 Å². The van der Waals surface area contributed by atoms with E-state index >= 15 is 0 Å². The maximum atomic E-state index is 13.3. The van der Waals surface area contributed by atoms with E-state index in [0.717, 1.165) is 16.3 Å². The van der Waals surface area contributed by atoms with Gasteiger partial charge in [0.1, 0.15) is 12.6 Å². The molecule has 0 spiro atoms. The molecule has 0 radical (unpaired) electrons. The second-order valence-electron chi connectivity index (χ2n) is 6.98. The highest BCUT2D eigenvalue weighted by Gasteiger charge is 2.24. The Labute approximate surface area is 175 Å². The Hall–Kier alpha value is -3.92. The minimum Gasteiger partial charge on any atom is -0.445 e. The lowest BCUT2D eigenvalue weighted by atomic mass is 9.96. The Morgan fingerprint density at radius 2 is 1.37 bits per heavy atom. The maximum Gasteiger partial charge on any atom is 0.408 e. The number of amides is 1. The van der Waals surface area contributed by atoms with Crippen molar-refractivity contribution < 1.29 is 14.3 Å². The topological polar surface area (TPSA) is 55.4 Å². The standard InChI is InChI=1S/C26H21NO3/c28-25(23-16-15-20-11-7-8-14-22(20)17-23)24(21-12-5-2-6-13-21)27-26(29)30-18-19-9-3-1-4-10-19/h1-17,24H,18H2,(H,27,29). The predicted octanol–water partition coefficient (Wildman–Crippen LogP) is 5.69. The molecule has 1 N–H and O–H groups in total. The van der Waals surface area contributed by atoms with Crippen molar-refractivity contribution >= 4 is 22.6 Å². The highest BCUT2D eigenvalue weighted by molar-refractivity contribution is 6.04. The van der Waals surface area contributed by atoms with E-state index in [4.69, 9.17) is 4.74 Å². The summed E-state index contributed by atoms with van der Waals surface area (Å²) in [5, 5.41) is 4.77. The molecule has 1 amide bonds. The van der Waals surface area contributed by atoms with Crippen LogP contribution in [-0.4, -0.2) is 11.9 Å². The van der Waals surface area contributed by atoms with Crippen molar-refractivity contribution in [3.05, 3.63) is 120 Å². The lowest BCUT2D eigenvalue weighted by molar-refractivity contribution is 0.0917. The number of carbonyl (C=O) groups excluding carboxylic acids is 2. The second-order valence-corrected chi connectivity index (χ2v) is 6.98. The molecule has 148 valence electrons. The Morgan fingerprint density at radius 3 is 2.10 bits per heavy atom. The van der Waals surface area contributed by atoms with E-state index in [2.05, 4.69) is 5.32 Å². The SMILES string of the molecule is O=C(NC(C(=O)c1ccc2ccccc2c1)c1ccccc1)OCc1ccccc1. The molecule has 0 bridgehead atoms. The summed E-state index contributed by atoms with van der Waals surface area (Å²) in [5.74, 6) is -0.191. The Balaban J connectivity index is 1.56. The maximum absolute atomic E-state index is 13.3. The monoisotopic (exact) mass is 395 g/mol.